The van der Waals surface area contributed by atoms with Crippen LogP contribution in [0.3, 0.4) is 0 Å². The number of anilines is 1. The van der Waals surface area contributed by atoms with Gasteiger partial charge in [-0.15, -0.1) is 0 Å². The molecule has 3 rings (SSSR count). The topological polar surface area (TPSA) is 56.5 Å². The maximum atomic E-state index is 13.2. The predicted molar refractivity (Wildman–Crippen MR) is 137 cm³/mol. The molecule has 1 fully saturated rings. The molecule has 0 N–H and O–H groups in total. The van der Waals surface area contributed by atoms with E-state index in [0.29, 0.717) is 17.3 Å². The number of nitrogens with zero attached hydrogens (tertiary/aromatic N) is 3. The molecule has 0 atom stereocenters. The minimum absolute atomic E-state index is 0.322. The normalized spacial score (nSPS) is 12.6. The molecule has 5 heteroatoms. The van der Waals surface area contributed by atoms with Crippen LogP contribution in [0.5, 0.6) is 0 Å². The predicted octanol–water partition coefficient (Wildman–Crippen LogP) is 6.12. The molecule has 0 unspecified atom stereocenters. The van der Waals surface area contributed by atoms with E-state index < -0.39 is 0 Å². The van der Waals surface area contributed by atoms with E-state index in [1.165, 1.54) is 3.57 Å². The van der Waals surface area contributed by atoms with Gasteiger partial charge in [-0.1, -0.05) is 25.8 Å². The maximum Gasteiger partial charge on any atom is 0.308 e. The molecular weight excluding hydrogens is 497 g/mol. The number of carbonyl (C=O) groups excluding carboxylic acids is 1. The second kappa shape index (κ2) is 11.1. The summed E-state index contributed by atoms with van der Waals surface area (Å²) in [5, 5.41) is 9.35. The fourth-order valence-corrected chi connectivity index (χ4v) is 3.84. The summed E-state index contributed by atoms with van der Waals surface area (Å²) in [4.78, 5) is 19.3. The fraction of sp³-hybridized carbons (Fsp3) is 0.346. The number of hydrogen-bond donors (Lipinski definition) is 0. The third kappa shape index (κ3) is 5.54. The highest BCUT2D eigenvalue weighted by Crippen LogP contribution is 2.46. The number of amidine groups is 1. The summed E-state index contributed by atoms with van der Waals surface area (Å²) in [5.74, 6) is 6.05. The average Bonchev–Trinajstić information content (AvgIpc) is 3.61. The maximum absolute atomic E-state index is 13.2. The summed E-state index contributed by atoms with van der Waals surface area (Å²) < 4.78 is 1.18. The third-order valence-corrected chi connectivity index (χ3v) is 6.19. The van der Waals surface area contributed by atoms with Crippen molar-refractivity contribution in [3.63, 3.8) is 0 Å². The minimum atomic E-state index is -0.322. The summed E-state index contributed by atoms with van der Waals surface area (Å²) in [6.45, 7) is 9.65. The Bertz CT molecular complexity index is 1110. The van der Waals surface area contributed by atoms with Crippen molar-refractivity contribution in [1.82, 2.24) is 0 Å². The van der Waals surface area contributed by atoms with Gasteiger partial charge < -0.3 is 0 Å². The van der Waals surface area contributed by atoms with Crippen molar-refractivity contribution in [2.24, 2.45) is 4.99 Å². The van der Waals surface area contributed by atoms with Crippen molar-refractivity contribution in [2.45, 2.75) is 53.4 Å². The number of halogens is 1. The van der Waals surface area contributed by atoms with E-state index >= 15 is 0 Å². The lowest BCUT2D eigenvalue weighted by Gasteiger charge is -2.26. The zero-order valence-electron chi connectivity index (χ0n) is 19.0. The zero-order valence-corrected chi connectivity index (χ0v) is 21.2. The van der Waals surface area contributed by atoms with Crippen LogP contribution in [0.4, 0.5) is 5.69 Å². The van der Waals surface area contributed by atoms with Gasteiger partial charge in [0.2, 0.25) is 0 Å². The molecule has 0 saturated heterocycles. The van der Waals surface area contributed by atoms with Gasteiger partial charge in [0.1, 0.15) is 5.84 Å². The first kappa shape index (κ1) is 24.6. The second-order valence-corrected chi connectivity index (χ2v) is 8.30. The SMILES string of the molecule is CC.CC#CC(=O)N(C(=NC)c1cc(C#N)ccc1C)c1cc(C)c(I)cc1C1CC1. The molecule has 1 aliphatic rings. The van der Waals surface area contributed by atoms with E-state index in [4.69, 9.17) is 0 Å². The Morgan fingerprint density at radius 2 is 1.84 bits per heavy atom. The number of aryl methyl sites for hydroxylation is 2. The van der Waals surface area contributed by atoms with Crippen LogP contribution in [-0.4, -0.2) is 18.8 Å². The smallest absolute Gasteiger partial charge is 0.271 e. The number of benzene rings is 2. The van der Waals surface area contributed by atoms with Crippen LogP contribution in [0.25, 0.3) is 0 Å². The Morgan fingerprint density at radius 3 is 2.39 bits per heavy atom. The van der Waals surface area contributed by atoms with Crippen molar-refractivity contribution in [3.05, 3.63) is 61.7 Å². The lowest BCUT2D eigenvalue weighted by atomic mass is 10.0. The molecule has 4 nitrogen and oxygen atoms in total. The monoisotopic (exact) mass is 525 g/mol. The summed E-state index contributed by atoms with van der Waals surface area (Å²) in [6.07, 6.45) is 2.24. The van der Waals surface area contributed by atoms with Crippen molar-refractivity contribution in [3.8, 4) is 17.9 Å². The first-order valence-corrected chi connectivity index (χ1v) is 11.5. The summed E-state index contributed by atoms with van der Waals surface area (Å²) >= 11 is 2.34. The van der Waals surface area contributed by atoms with Gasteiger partial charge in [0.25, 0.3) is 0 Å². The number of hydrogen-bond acceptors (Lipinski definition) is 3. The van der Waals surface area contributed by atoms with Crippen molar-refractivity contribution in [2.75, 3.05) is 11.9 Å². The summed E-state index contributed by atoms with van der Waals surface area (Å²) in [6, 6.07) is 11.8. The van der Waals surface area contributed by atoms with E-state index in [0.717, 1.165) is 40.8 Å². The number of amides is 1. The zero-order chi connectivity index (χ0) is 23.1. The van der Waals surface area contributed by atoms with Crippen LogP contribution in [0.1, 0.15) is 67.3 Å². The largest absolute Gasteiger partial charge is 0.308 e. The van der Waals surface area contributed by atoms with Gasteiger partial charge in [-0.25, -0.2) is 0 Å². The Morgan fingerprint density at radius 1 is 1.16 bits per heavy atom. The highest BCUT2D eigenvalue weighted by molar-refractivity contribution is 14.1. The van der Waals surface area contributed by atoms with Gasteiger partial charge in [-0.3, -0.25) is 14.7 Å². The molecule has 2 aromatic carbocycles. The van der Waals surface area contributed by atoms with Crippen LogP contribution in [0.15, 0.2) is 35.3 Å². The van der Waals surface area contributed by atoms with Gasteiger partial charge in [0.15, 0.2) is 0 Å². The third-order valence-electron chi connectivity index (χ3n) is 5.03. The molecule has 0 aliphatic heterocycles. The molecule has 2 aromatic rings. The lowest BCUT2D eigenvalue weighted by molar-refractivity contribution is -0.112. The van der Waals surface area contributed by atoms with E-state index in [9.17, 15) is 10.1 Å². The first-order chi connectivity index (χ1) is 14.9. The molecule has 0 aromatic heterocycles. The molecule has 31 heavy (non-hydrogen) atoms. The Kier molecular flexibility index (Phi) is 8.83. The van der Waals surface area contributed by atoms with Crippen molar-refractivity contribution in [1.29, 1.82) is 5.26 Å². The molecule has 0 bridgehead atoms. The van der Waals surface area contributed by atoms with E-state index in [-0.39, 0.29) is 5.91 Å². The van der Waals surface area contributed by atoms with Gasteiger partial charge in [0.05, 0.1) is 17.3 Å². The number of nitriles is 1. The highest BCUT2D eigenvalue weighted by atomic mass is 127. The van der Waals surface area contributed by atoms with Crippen LogP contribution in [0, 0.1) is 40.6 Å². The molecule has 1 amide bonds. The van der Waals surface area contributed by atoms with Crippen LogP contribution in [0.2, 0.25) is 0 Å². The molecule has 0 heterocycles. The minimum Gasteiger partial charge on any atom is -0.271 e. The molecule has 1 aliphatic carbocycles. The molecule has 0 spiro atoms. The summed E-state index contributed by atoms with van der Waals surface area (Å²) in [7, 11) is 1.67. The Balaban J connectivity index is 0.00000166. The lowest BCUT2D eigenvalue weighted by Crippen LogP contribution is -2.38. The first-order valence-electron chi connectivity index (χ1n) is 10.5. The van der Waals surface area contributed by atoms with Crippen LogP contribution >= 0.6 is 22.6 Å². The number of aliphatic imine (C=N–C) groups is 1. The van der Waals surface area contributed by atoms with Gasteiger partial charge in [-0.05, 0) is 109 Å². The quantitative estimate of drug-likeness (QED) is 0.210. The fourth-order valence-electron chi connectivity index (χ4n) is 3.35. The van der Waals surface area contributed by atoms with Crippen molar-refractivity contribution < 1.29 is 4.79 Å². The molecular formula is C26H28IN3O. The highest BCUT2D eigenvalue weighted by Gasteiger charge is 2.32. The molecule has 0 radical (unpaired) electrons. The van der Waals surface area contributed by atoms with Crippen LogP contribution < -0.4 is 4.90 Å². The van der Waals surface area contributed by atoms with Gasteiger partial charge >= 0.3 is 5.91 Å². The van der Waals surface area contributed by atoms with Crippen LogP contribution in [-0.2, 0) is 4.79 Å². The Labute approximate surface area is 199 Å². The van der Waals surface area contributed by atoms with E-state index in [1.807, 2.05) is 33.8 Å². The summed E-state index contributed by atoms with van der Waals surface area (Å²) in [5.41, 5.74) is 5.33. The molecule has 1 saturated carbocycles. The number of rotatable bonds is 3. The second-order valence-electron chi connectivity index (χ2n) is 7.14. The standard InChI is InChI=1S/C24H22IN3O.C2H6/c1-5-6-23(29)28(22-11-16(3)21(25)13-20(22)18-9-10-18)24(27-4)19-12-17(14-26)8-7-15(19)2;1-2/h7-8,11-13,18H,9-10H2,1-4H3;1-2H3. The number of carbonyl (C=O) groups is 1. The van der Waals surface area contributed by atoms with E-state index in [1.54, 1.807) is 31.0 Å². The van der Waals surface area contributed by atoms with E-state index in [2.05, 4.69) is 57.6 Å². The average molecular weight is 525 g/mol. The Hall–Kier alpha value is -2.64. The van der Waals surface area contributed by atoms with Crippen molar-refractivity contribution >= 4 is 40.0 Å². The van der Waals surface area contributed by atoms with Gasteiger partial charge in [0, 0.05) is 16.2 Å². The molecule has 160 valence electrons. The van der Waals surface area contributed by atoms with Gasteiger partial charge in [-0.2, -0.15) is 5.26 Å².